The van der Waals surface area contributed by atoms with E-state index in [2.05, 4.69) is 20.4 Å². The number of ether oxygens (including phenoxy) is 1. The Bertz CT molecular complexity index is 762. The molecule has 0 fully saturated rings. The van der Waals surface area contributed by atoms with E-state index in [4.69, 9.17) is 9.26 Å². The van der Waals surface area contributed by atoms with Gasteiger partial charge in [0.2, 0.25) is 5.82 Å². The van der Waals surface area contributed by atoms with Crippen LogP contribution in [0, 0.1) is 0 Å². The molecule has 0 saturated heterocycles. The Morgan fingerprint density at radius 2 is 2.33 bits per heavy atom. The van der Waals surface area contributed by atoms with Crippen molar-refractivity contribution >= 4 is 16.8 Å². The van der Waals surface area contributed by atoms with Gasteiger partial charge < -0.3 is 19.6 Å². The molecule has 0 spiro atoms. The number of nitrogens with zero attached hydrogens (tertiary/aromatic N) is 2. The van der Waals surface area contributed by atoms with Crippen LogP contribution in [-0.2, 0) is 4.74 Å². The first-order valence-corrected chi connectivity index (χ1v) is 6.47. The largest absolute Gasteiger partial charge is 0.383 e. The Kier molecular flexibility index (Phi) is 3.65. The highest BCUT2D eigenvalue weighted by atomic mass is 16.5. The number of aromatic nitrogens is 3. The SMILES string of the molecule is COCCNC(=O)c1nc(-c2cccc3[nH]ccc23)no1. The van der Waals surface area contributed by atoms with Crippen LogP contribution in [0.4, 0.5) is 0 Å². The second-order valence-corrected chi connectivity index (χ2v) is 4.42. The first-order chi connectivity index (χ1) is 10.3. The van der Waals surface area contributed by atoms with Crippen LogP contribution in [0.25, 0.3) is 22.3 Å². The van der Waals surface area contributed by atoms with Crippen LogP contribution >= 0.6 is 0 Å². The number of hydrogen-bond donors (Lipinski definition) is 2. The molecule has 21 heavy (non-hydrogen) atoms. The molecule has 1 aromatic carbocycles. The Labute approximate surface area is 120 Å². The van der Waals surface area contributed by atoms with Gasteiger partial charge in [-0.1, -0.05) is 17.3 Å². The molecule has 0 radical (unpaired) electrons. The standard InChI is InChI=1S/C14H14N4O3/c1-20-8-7-16-13(19)14-17-12(18-21-14)10-3-2-4-11-9(10)5-6-15-11/h2-6,15H,7-8H2,1H3,(H,16,19). The molecular weight excluding hydrogens is 272 g/mol. The van der Waals surface area contributed by atoms with E-state index in [-0.39, 0.29) is 5.89 Å². The molecule has 7 heteroatoms. The van der Waals surface area contributed by atoms with Gasteiger partial charge in [-0.05, 0) is 12.1 Å². The maximum absolute atomic E-state index is 11.8. The molecule has 2 N–H and O–H groups in total. The summed E-state index contributed by atoms with van der Waals surface area (Å²) in [7, 11) is 1.56. The predicted molar refractivity (Wildman–Crippen MR) is 75.8 cm³/mol. The Morgan fingerprint density at radius 1 is 1.43 bits per heavy atom. The molecule has 0 atom stereocenters. The van der Waals surface area contributed by atoms with Crippen molar-refractivity contribution in [2.24, 2.45) is 0 Å². The van der Waals surface area contributed by atoms with Crippen LogP contribution in [0.15, 0.2) is 35.0 Å². The highest BCUT2D eigenvalue weighted by Gasteiger charge is 2.17. The lowest BCUT2D eigenvalue weighted by atomic mass is 10.1. The molecule has 108 valence electrons. The number of fused-ring (bicyclic) bond motifs is 1. The molecule has 0 aliphatic heterocycles. The van der Waals surface area contributed by atoms with E-state index in [9.17, 15) is 4.79 Å². The molecule has 0 unspecified atom stereocenters. The summed E-state index contributed by atoms with van der Waals surface area (Å²) in [6.07, 6.45) is 1.84. The van der Waals surface area contributed by atoms with Gasteiger partial charge in [-0.25, -0.2) is 0 Å². The minimum Gasteiger partial charge on any atom is -0.383 e. The molecule has 0 aliphatic rings. The summed E-state index contributed by atoms with van der Waals surface area (Å²) in [5.74, 6) is -0.0854. The number of methoxy groups -OCH3 is 1. The van der Waals surface area contributed by atoms with Crippen LogP contribution < -0.4 is 5.32 Å². The van der Waals surface area contributed by atoms with Crippen molar-refractivity contribution in [2.45, 2.75) is 0 Å². The molecule has 2 aromatic heterocycles. The molecule has 1 amide bonds. The average molecular weight is 286 g/mol. The zero-order valence-electron chi connectivity index (χ0n) is 11.4. The van der Waals surface area contributed by atoms with Crippen molar-refractivity contribution in [2.75, 3.05) is 20.3 Å². The lowest BCUT2D eigenvalue weighted by Crippen LogP contribution is -2.27. The molecule has 3 rings (SSSR count). The van der Waals surface area contributed by atoms with E-state index in [1.165, 1.54) is 0 Å². The number of benzene rings is 1. The summed E-state index contributed by atoms with van der Waals surface area (Å²) in [4.78, 5) is 19.1. The summed E-state index contributed by atoms with van der Waals surface area (Å²) in [6.45, 7) is 0.815. The van der Waals surface area contributed by atoms with E-state index in [1.54, 1.807) is 7.11 Å². The maximum Gasteiger partial charge on any atom is 0.316 e. The summed E-state index contributed by atoms with van der Waals surface area (Å²) >= 11 is 0. The first-order valence-electron chi connectivity index (χ1n) is 6.47. The molecule has 3 aromatic rings. The minimum atomic E-state index is -0.410. The average Bonchev–Trinajstić information content (AvgIpc) is 3.16. The number of amides is 1. The van der Waals surface area contributed by atoms with E-state index in [0.29, 0.717) is 19.0 Å². The summed E-state index contributed by atoms with van der Waals surface area (Å²) in [6, 6.07) is 7.66. The Morgan fingerprint density at radius 3 is 3.19 bits per heavy atom. The fourth-order valence-electron chi connectivity index (χ4n) is 2.05. The van der Waals surface area contributed by atoms with Crippen LogP contribution in [0.1, 0.15) is 10.7 Å². The fourth-order valence-corrected chi connectivity index (χ4v) is 2.05. The van der Waals surface area contributed by atoms with Crippen molar-refractivity contribution in [3.05, 3.63) is 36.4 Å². The molecule has 7 nitrogen and oxygen atoms in total. The van der Waals surface area contributed by atoms with E-state index in [1.807, 2.05) is 30.5 Å². The summed E-state index contributed by atoms with van der Waals surface area (Å²) in [5.41, 5.74) is 1.79. The number of rotatable bonds is 5. The zero-order valence-corrected chi connectivity index (χ0v) is 11.4. The van der Waals surface area contributed by atoms with Crippen LogP contribution in [-0.4, -0.2) is 41.3 Å². The van der Waals surface area contributed by atoms with E-state index in [0.717, 1.165) is 16.5 Å². The predicted octanol–water partition coefficient (Wildman–Crippen LogP) is 1.59. The van der Waals surface area contributed by atoms with Crippen LogP contribution in [0.5, 0.6) is 0 Å². The van der Waals surface area contributed by atoms with Gasteiger partial charge in [-0.3, -0.25) is 4.79 Å². The van der Waals surface area contributed by atoms with Gasteiger partial charge in [0, 0.05) is 36.3 Å². The second-order valence-electron chi connectivity index (χ2n) is 4.42. The van der Waals surface area contributed by atoms with Gasteiger partial charge in [-0.15, -0.1) is 0 Å². The molecule has 2 heterocycles. The monoisotopic (exact) mass is 286 g/mol. The number of carbonyl (C=O) groups is 1. The number of carbonyl (C=O) groups excluding carboxylic acids is 1. The van der Waals surface area contributed by atoms with Gasteiger partial charge in [0.25, 0.3) is 0 Å². The van der Waals surface area contributed by atoms with Crippen LogP contribution in [0.3, 0.4) is 0 Å². The number of H-pyrrole nitrogens is 1. The highest BCUT2D eigenvalue weighted by Crippen LogP contribution is 2.25. The van der Waals surface area contributed by atoms with Crippen LogP contribution in [0.2, 0.25) is 0 Å². The highest BCUT2D eigenvalue weighted by molar-refractivity contribution is 5.94. The number of hydrogen-bond acceptors (Lipinski definition) is 5. The Balaban J connectivity index is 1.85. The van der Waals surface area contributed by atoms with Crippen molar-refractivity contribution in [3.63, 3.8) is 0 Å². The molecular formula is C14H14N4O3. The van der Waals surface area contributed by atoms with Crippen molar-refractivity contribution in [3.8, 4) is 11.4 Å². The normalized spacial score (nSPS) is 10.9. The van der Waals surface area contributed by atoms with Gasteiger partial charge in [0.15, 0.2) is 0 Å². The first kappa shape index (κ1) is 13.3. The second kappa shape index (κ2) is 5.76. The van der Waals surface area contributed by atoms with E-state index >= 15 is 0 Å². The summed E-state index contributed by atoms with van der Waals surface area (Å²) in [5, 5.41) is 7.48. The third-order valence-corrected chi connectivity index (χ3v) is 3.05. The lowest BCUT2D eigenvalue weighted by Gasteiger charge is -1.99. The van der Waals surface area contributed by atoms with Gasteiger partial charge in [-0.2, -0.15) is 4.98 Å². The van der Waals surface area contributed by atoms with Crippen molar-refractivity contribution in [1.82, 2.24) is 20.4 Å². The molecule has 0 bridgehead atoms. The van der Waals surface area contributed by atoms with Crippen molar-refractivity contribution in [1.29, 1.82) is 0 Å². The minimum absolute atomic E-state index is 0.0614. The maximum atomic E-state index is 11.8. The quantitative estimate of drug-likeness (QED) is 0.695. The molecule has 0 aliphatic carbocycles. The van der Waals surface area contributed by atoms with Gasteiger partial charge in [0.1, 0.15) is 0 Å². The summed E-state index contributed by atoms with van der Waals surface area (Å²) < 4.78 is 9.87. The number of aromatic amines is 1. The third-order valence-electron chi connectivity index (χ3n) is 3.05. The van der Waals surface area contributed by atoms with E-state index < -0.39 is 5.91 Å². The van der Waals surface area contributed by atoms with Gasteiger partial charge in [0.05, 0.1) is 6.61 Å². The van der Waals surface area contributed by atoms with Gasteiger partial charge >= 0.3 is 11.8 Å². The third kappa shape index (κ3) is 2.63. The van der Waals surface area contributed by atoms with Crippen molar-refractivity contribution < 1.29 is 14.1 Å². The fraction of sp³-hybridized carbons (Fsp3) is 0.214. The zero-order chi connectivity index (χ0) is 14.7. The Hall–Kier alpha value is -2.67. The lowest BCUT2D eigenvalue weighted by molar-refractivity contribution is 0.0893. The topological polar surface area (TPSA) is 93.0 Å². The molecule has 0 saturated carbocycles. The number of nitrogens with one attached hydrogen (secondary N) is 2. The smallest absolute Gasteiger partial charge is 0.316 e.